The van der Waals surface area contributed by atoms with Crippen molar-refractivity contribution in [3.63, 3.8) is 0 Å². The summed E-state index contributed by atoms with van der Waals surface area (Å²) in [5, 5.41) is 19.1. The molecule has 3 aromatic rings. The van der Waals surface area contributed by atoms with Crippen molar-refractivity contribution in [2.45, 2.75) is 10.3 Å². The van der Waals surface area contributed by atoms with E-state index in [1.165, 1.54) is 0 Å². The van der Waals surface area contributed by atoms with Crippen molar-refractivity contribution in [3.05, 3.63) is 82.9 Å². The molecule has 1 atom stereocenters. The third-order valence-corrected chi connectivity index (χ3v) is 5.17. The van der Waals surface area contributed by atoms with E-state index in [9.17, 15) is 15.2 Å². The van der Waals surface area contributed by atoms with Crippen molar-refractivity contribution in [1.82, 2.24) is 4.98 Å². The summed E-state index contributed by atoms with van der Waals surface area (Å²) in [7, 11) is 0. The number of rotatable bonds is 5. The molecule has 1 heterocycles. The highest BCUT2D eigenvalue weighted by molar-refractivity contribution is 8.00. The van der Waals surface area contributed by atoms with Gasteiger partial charge in [0.25, 0.3) is 0 Å². The lowest BCUT2D eigenvalue weighted by atomic mass is 10.1. The number of hydrogen-bond donors (Lipinski definition) is 1. The van der Waals surface area contributed by atoms with Gasteiger partial charge in [0, 0.05) is 10.6 Å². The Morgan fingerprint density at radius 3 is 2.38 bits per heavy atom. The summed E-state index contributed by atoms with van der Waals surface area (Å²) >= 11 is 6.97. The molecule has 6 heteroatoms. The van der Waals surface area contributed by atoms with Gasteiger partial charge in [0.05, 0.1) is 11.3 Å². The van der Waals surface area contributed by atoms with Crippen molar-refractivity contribution in [2.75, 3.05) is 0 Å². The topological polar surface area (TPSA) is 74.0 Å². The minimum Gasteiger partial charge on any atom is -0.480 e. The number of aromatic nitrogens is 1. The van der Waals surface area contributed by atoms with Gasteiger partial charge in [-0.05, 0) is 29.8 Å². The Balaban J connectivity index is 2.00. The maximum atomic E-state index is 11.8. The average Bonchev–Trinajstić information content (AvgIpc) is 2.67. The van der Waals surface area contributed by atoms with Crippen molar-refractivity contribution in [1.29, 1.82) is 5.26 Å². The number of carboxylic acid groups (broad SMARTS) is 1. The molecule has 0 fully saturated rings. The lowest BCUT2D eigenvalue weighted by Crippen LogP contribution is -2.08. The van der Waals surface area contributed by atoms with E-state index in [-0.39, 0.29) is 0 Å². The molecule has 3 rings (SSSR count). The highest BCUT2D eigenvalue weighted by atomic mass is 35.5. The third kappa shape index (κ3) is 4.05. The fourth-order valence-corrected chi connectivity index (χ4v) is 3.53. The lowest BCUT2D eigenvalue weighted by Gasteiger charge is -2.13. The number of aliphatic carboxylic acids is 1. The third-order valence-electron chi connectivity index (χ3n) is 3.68. The normalized spacial score (nSPS) is 11.5. The summed E-state index contributed by atoms with van der Waals surface area (Å²) in [5.74, 6) is -0.983. The Morgan fingerprint density at radius 1 is 1.08 bits per heavy atom. The smallest absolute Gasteiger partial charge is 0.321 e. The van der Waals surface area contributed by atoms with Crippen LogP contribution in [0.4, 0.5) is 0 Å². The van der Waals surface area contributed by atoms with E-state index in [2.05, 4.69) is 11.1 Å². The maximum Gasteiger partial charge on any atom is 0.321 e. The first-order chi connectivity index (χ1) is 12.6. The quantitative estimate of drug-likeness (QED) is 0.616. The van der Waals surface area contributed by atoms with Crippen LogP contribution in [0.5, 0.6) is 0 Å². The summed E-state index contributed by atoms with van der Waals surface area (Å²) < 4.78 is 0. The van der Waals surface area contributed by atoms with Crippen LogP contribution in [0, 0.1) is 11.3 Å². The van der Waals surface area contributed by atoms with Crippen LogP contribution in [0.2, 0.25) is 5.02 Å². The lowest BCUT2D eigenvalue weighted by molar-refractivity contribution is -0.136. The summed E-state index contributed by atoms with van der Waals surface area (Å²) in [4.78, 5) is 16.3. The van der Waals surface area contributed by atoms with E-state index in [1.807, 2.05) is 18.2 Å². The number of carboxylic acids is 1. The highest BCUT2D eigenvalue weighted by Gasteiger charge is 2.23. The molecule has 0 aliphatic heterocycles. The molecule has 26 heavy (non-hydrogen) atoms. The number of pyridine rings is 1. The van der Waals surface area contributed by atoms with Crippen molar-refractivity contribution < 1.29 is 9.90 Å². The molecule has 0 amide bonds. The van der Waals surface area contributed by atoms with Crippen molar-refractivity contribution in [2.24, 2.45) is 0 Å². The van der Waals surface area contributed by atoms with E-state index in [1.54, 1.807) is 48.5 Å². The molecule has 0 saturated heterocycles. The van der Waals surface area contributed by atoms with Gasteiger partial charge in [-0.2, -0.15) is 5.26 Å². The Morgan fingerprint density at radius 2 is 1.77 bits per heavy atom. The fourth-order valence-electron chi connectivity index (χ4n) is 2.40. The Kier molecular flexibility index (Phi) is 5.57. The average molecular weight is 381 g/mol. The van der Waals surface area contributed by atoms with Gasteiger partial charge in [-0.1, -0.05) is 65.8 Å². The number of nitrogens with zero attached hydrogens (tertiary/aromatic N) is 2. The van der Waals surface area contributed by atoms with E-state index >= 15 is 0 Å². The molecule has 0 aliphatic carbocycles. The molecule has 128 valence electrons. The van der Waals surface area contributed by atoms with Crippen molar-refractivity contribution >= 4 is 29.3 Å². The van der Waals surface area contributed by atoms with E-state index in [0.717, 1.165) is 17.3 Å². The van der Waals surface area contributed by atoms with Gasteiger partial charge < -0.3 is 5.11 Å². The van der Waals surface area contributed by atoms with Crippen LogP contribution in [0.1, 0.15) is 16.4 Å². The summed E-state index contributed by atoms with van der Waals surface area (Å²) in [5.41, 5.74) is 2.48. The van der Waals surface area contributed by atoms with Crippen LogP contribution in [-0.2, 0) is 4.79 Å². The summed E-state index contributed by atoms with van der Waals surface area (Å²) in [6.07, 6.45) is 0. The van der Waals surface area contributed by atoms with Gasteiger partial charge in [0.2, 0.25) is 0 Å². The van der Waals surface area contributed by atoms with E-state index in [4.69, 9.17) is 11.6 Å². The molecular formula is C20H13ClN2O2S. The summed E-state index contributed by atoms with van der Waals surface area (Å²) in [6, 6.07) is 21.6. The highest BCUT2D eigenvalue weighted by Crippen LogP contribution is 2.37. The SMILES string of the molecule is N#Cc1ccc(-c2ccc(Cl)cc2)nc1SC(C(=O)O)c1ccccc1. The van der Waals surface area contributed by atoms with Crippen LogP contribution >= 0.6 is 23.4 Å². The second-order valence-corrected chi connectivity index (χ2v) is 6.94. The number of hydrogen-bond acceptors (Lipinski definition) is 4. The molecular weight excluding hydrogens is 368 g/mol. The van der Waals surface area contributed by atoms with Crippen LogP contribution in [0.15, 0.2) is 71.8 Å². The zero-order valence-corrected chi connectivity index (χ0v) is 15.0. The second-order valence-electron chi connectivity index (χ2n) is 5.41. The Bertz CT molecular complexity index is 969. The largest absolute Gasteiger partial charge is 0.480 e. The molecule has 4 nitrogen and oxygen atoms in total. The molecule has 1 aromatic heterocycles. The maximum absolute atomic E-state index is 11.8. The zero-order chi connectivity index (χ0) is 18.5. The minimum absolute atomic E-state index is 0.342. The minimum atomic E-state index is -0.983. The molecule has 1 N–H and O–H groups in total. The molecule has 0 bridgehead atoms. The van der Waals surface area contributed by atoms with Crippen LogP contribution in [0.3, 0.4) is 0 Å². The fraction of sp³-hybridized carbons (Fsp3) is 0.0500. The molecule has 1 unspecified atom stereocenters. The zero-order valence-electron chi connectivity index (χ0n) is 13.5. The monoisotopic (exact) mass is 380 g/mol. The molecule has 0 aliphatic rings. The number of halogens is 1. The van der Waals surface area contributed by atoms with E-state index in [0.29, 0.717) is 26.9 Å². The molecule has 0 saturated carbocycles. The van der Waals surface area contributed by atoms with Gasteiger partial charge >= 0.3 is 5.97 Å². The number of carbonyl (C=O) groups is 1. The predicted molar refractivity (Wildman–Crippen MR) is 102 cm³/mol. The predicted octanol–water partition coefficient (Wildman–Crippen LogP) is 5.19. The van der Waals surface area contributed by atoms with Crippen LogP contribution < -0.4 is 0 Å². The molecule has 0 radical (unpaired) electrons. The second kappa shape index (κ2) is 8.05. The van der Waals surface area contributed by atoms with Gasteiger partial charge in [-0.3, -0.25) is 4.79 Å². The first kappa shape index (κ1) is 18.0. The van der Waals surface area contributed by atoms with Gasteiger partial charge in [0.15, 0.2) is 0 Å². The molecule has 0 spiro atoms. The van der Waals surface area contributed by atoms with Crippen LogP contribution in [-0.4, -0.2) is 16.1 Å². The first-order valence-electron chi connectivity index (χ1n) is 7.70. The van der Waals surface area contributed by atoms with Gasteiger partial charge in [-0.15, -0.1) is 0 Å². The van der Waals surface area contributed by atoms with Crippen molar-refractivity contribution in [3.8, 4) is 17.3 Å². The van der Waals surface area contributed by atoms with Gasteiger partial charge in [0.1, 0.15) is 16.3 Å². The Hall–Kier alpha value is -2.81. The first-order valence-corrected chi connectivity index (χ1v) is 8.96. The standard InChI is InChI=1S/C20H13ClN2O2S/c21-16-9-6-13(7-10-16)17-11-8-15(12-22)19(23-17)26-18(20(24)25)14-4-2-1-3-5-14/h1-11,18H,(H,24,25). The molecule has 2 aromatic carbocycles. The van der Waals surface area contributed by atoms with Crippen LogP contribution in [0.25, 0.3) is 11.3 Å². The van der Waals surface area contributed by atoms with E-state index < -0.39 is 11.2 Å². The number of benzene rings is 2. The van der Waals surface area contributed by atoms with Gasteiger partial charge in [-0.25, -0.2) is 4.98 Å². The summed E-state index contributed by atoms with van der Waals surface area (Å²) in [6.45, 7) is 0. The number of nitriles is 1. The number of thioether (sulfide) groups is 1. The Labute approximate surface area is 160 Å².